The van der Waals surface area contributed by atoms with Gasteiger partial charge >= 0.3 is 6.09 Å². The minimum absolute atomic E-state index is 0.0278. The molecule has 28 heavy (non-hydrogen) atoms. The first kappa shape index (κ1) is 19.1. The van der Waals surface area contributed by atoms with Crippen LogP contribution in [0.2, 0.25) is 6.82 Å². The molecule has 1 amide bonds. The van der Waals surface area contributed by atoms with E-state index in [1.165, 1.54) is 5.46 Å². The average Bonchev–Trinajstić information content (AvgIpc) is 3.44. The Morgan fingerprint density at radius 3 is 2.39 bits per heavy atom. The topological polar surface area (TPSA) is 42.1 Å². The second kappa shape index (κ2) is 7.29. The van der Waals surface area contributed by atoms with Gasteiger partial charge in [-0.15, -0.1) is 0 Å². The van der Waals surface area contributed by atoms with Gasteiger partial charge in [-0.2, -0.15) is 0 Å². The third-order valence-corrected chi connectivity index (χ3v) is 6.09. The second-order valence-electron chi connectivity index (χ2n) is 8.22. The summed E-state index contributed by atoms with van der Waals surface area (Å²) in [6.07, 6.45) is 1.20. The van der Waals surface area contributed by atoms with Crippen molar-refractivity contribution in [3.05, 3.63) is 65.7 Å². The third kappa shape index (κ3) is 3.68. The number of amides is 1. The van der Waals surface area contributed by atoms with Crippen LogP contribution in [0.25, 0.3) is 0 Å². The molecule has 3 atom stereocenters. The minimum Gasteiger partial charge on any atom is -0.438 e. The number of hydrogen-bond donors (Lipinski definition) is 0. The van der Waals surface area contributed by atoms with Crippen molar-refractivity contribution in [3.63, 3.8) is 0 Å². The molecule has 2 aliphatic rings. The molecular formula is C23H27BNO3. The van der Waals surface area contributed by atoms with Crippen LogP contribution in [0.1, 0.15) is 43.9 Å². The molecule has 0 saturated carbocycles. The van der Waals surface area contributed by atoms with Gasteiger partial charge in [0, 0.05) is 19.4 Å². The highest BCUT2D eigenvalue weighted by molar-refractivity contribution is 6.51. The van der Waals surface area contributed by atoms with E-state index in [1.54, 1.807) is 0 Å². The van der Waals surface area contributed by atoms with Crippen LogP contribution in [0.5, 0.6) is 0 Å². The summed E-state index contributed by atoms with van der Waals surface area (Å²) in [5.41, 5.74) is 2.53. The molecule has 1 unspecified atom stereocenters. The van der Waals surface area contributed by atoms with Gasteiger partial charge in [0.05, 0.1) is 18.2 Å². The van der Waals surface area contributed by atoms with Crippen molar-refractivity contribution >= 4 is 18.8 Å². The van der Waals surface area contributed by atoms with E-state index in [2.05, 4.69) is 57.5 Å². The fourth-order valence-electron chi connectivity index (χ4n) is 4.17. The minimum atomic E-state index is -0.624. The summed E-state index contributed by atoms with van der Waals surface area (Å²) in [5, 5.41) is 0. The van der Waals surface area contributed by atoms with Crippen LogP contribution >= 0.6 is 0 Å². The number of cyclic esters (lactones) is 1. The lowest BCUT2D eigenvalue weighted by molar-refractivity contribution is -0.0750. The van der Waals surface area contributed by atoms with E-state index in [1.807, 2.05) is 29.9 Å². The summed E-state index contributed by atoms with van der Waals surface area (Å²) >= 11 is 0. The Morgan fingerprint density at radius 2 is 1.82 bits per heavy atom. The van der Waals surface area contributed by atoms with Crippen molar-refractivity contribution in [2.24, 2.45) is 0 Å². The van der Waals surface area contributed by atoms with Gasteiger partial charge in [-0.1, -0.05) is 66.9 Å². The predicted molar refractivity (Wildman–Crippen MR) is 111 cm³/mol. The van der Waals surface area contributed by atoms with Gasteiger partial charge in [-0.25, -0.2) is 4.79 Å². The first-order valence-corrected chi connectivity index (χ1v) is 10.0. The number of benzene rings is 2. The Labute approximate surface area is 168 Å². The van der Waals surface area contributed by atoms with Gasteiger partial charge in [0.2, 0.25) is 0 Å². The highest BCUT2D eigenvalue weighted by atomic mass is 16.6. The maximum atomic E-state index is 13.1. The highest BCUT2D eigenvalue weighted by Crippen LogP contribution is 2.46. The number of rotatable bonds is 6. The average molecular weight is 376 g/mol. The highest BCUT2D eigenvalue weighted by Gasteiger charge is 2.52. The van der Waals surface area contributed by atoms with Gasteiger partial charge in [-0.3, -0.25) is 0 Å². The summed E-state index contributed by atoms with van der Waals surface area (Å²) < 4.78 is 11.8. The van der Waals surface area contributed by atoms with Crippen molar-refractivity contribution in [1.29, 1.82) is 0 Å². The maximum Gasteiger partial charge on any atom is 0.411 e. The summed E-state index contributed by atoms with van der Waals surface area (Å²) in [5.74, 6) is 0. The quantitative estimate of drug-likeness (QED) is 0.565. The Bertz CT molecular complexity index is 835. The zero-order valence-electron chi connectivity index (χ0n) is 16.9. The first-order valence-electron chi connectivity index (χ1n) is 10.0. The fraction of sp³-hybridized carbons (Fsp3) is 0.435. The number of ether oxygens (including phenoxy) is 2. The second-order valence-corrected chi connectivity index (χ2v) is 8.22. The molecule has 0 bridgehead atoms. The molecular weight excluding hydrogens is 349 g/mol. The number of nitrogens with zero attached hydrogens (tertiary/aromatic N) is 1. The Hall–Kier alpha value is -2.27. The van der Waals surface area contributed by atoms with Crippen LogP contribution in [0, 0.1) is 0 Å². The van der Waals surface area contributed by atoms with E-state index in [-0.39, 0.29) is 17.7 Å². The zero-order chi connectivity index (χ0) is 19.8. The summed E-state index contributed by atoms with van der Waals surface area (Å²) in [7, 11) is 2.07. The third-order valence-electron chi connectivity index (χ3n) is 6.09. The van der Waals surface area contributed by atoms with Gasteiger partial charge < -0.3 is 14.4 Å². The fourth-order valence-corrected chi connectivity index (χ4v) is 4.17. The molecule has 145 valence electrons. The number of carbonyl (C=O) groups is 1. The number of epoxide rings is 1. The largest absolute Gasteiger partial charge is 0.438 e. The van der Waals surface area contributed by atoms with Crippen LogP contribution in [0.4, 0.5) is 4.79 Å². The van der Waals surface area contributed by atoms with E-state index in [0.717, 1.165) is 24.2 Å². The molecule has 2 fully saturated rings. The van der Waals surface area contributed by atoms with Gasteiger partial charge in [-0.05, 0) is 25.0 Å². The van der Waals surface area contributed by atoms with Gasteiger partial charge in [0.1, 0.15) is 12.9 Å². The van der Waals surface area contributed by atoms with Crippen LogP contribution < -0.4 is 5.46 Å². The van der Waals surface area contributed by atoms with E-state index < -0.39 is 5.60 Å². The van der Waals surface area contributed by atoms with E-state index in [4.69, 9.17) is 9.47 Å². The Balaban J connectivity index is 1.55. The molecule has 0 spiro atoms. The van der Waals surface area contributed by atoms with Crippen LogP contribution in [0.15, 0.2) is 54.6 Å². The van der Waals surface area contributed by atoms with Crippen molar-refractivity contribution in [2.45, 2.75) is 50.8 Å². The molecule has 2 saturated heterocycles. The monoisotopic (exact) mass is 376 g/mol. The molecule has 4 nitrogen and oxygen atoms in total. The first-order chi connectivity index (χ1) is 13.4. The molecule has 5 heteroatoms. The smallest absolute Gasteiger partial charge is 0.411 e. The van der Waals surface area contributed by atoms with Crippen LogP contribution in [0.3, 0.4) is 0 Å². The molecule has 4 rings (SSSR count). The standard InChI is InChI=1S/C23H27BNO3/c1-17(18-9-11-20(24-3)12-10-18)25-14-13-23(28-21(25)26,15-22(2)16-27-22)19-7-5-4-6-8-19/h4-12,17H,13-16H2,1-3H3/t17-,22?,23-/m0/s1. The Kier molecular flexibility index (Phi) is 4.96. The molecule has 2 aromatic rings. The zero-order valence-corrected chi connectivity index (χ0v) is 16.9. The van der Waals surface area contributed by atoms with Crippen molar-refractivity contribution < 1.29 is 14.3 Å². The van der Waals surface area contributed by atoms with Crippen molar-refractivity contribution in [3.8, 4) is 0 Å². The van der Waals surface area contributed by atoms with Crippen LogP contribution in [-0.2, 0) is 15.1 Å². The maximum absolute atomic E-state index is 13.1. The number of carbonyl (C=O) groups excluding carboxylic acids is 1. The molecule has 1 radical (unpaired) electrons. The summed E-state index contributed by atoms with van der Waals surface area (Å²) in [6.45, 7) is 7.56. The molecule has 0 aromatic heterocycles. The van der Waals surface area contributed by atoms with Gasteiger partial charge in [0.15, 0.2) is 0 Å². The molecule has 2 aliphatic heterocycles. The normalized spacial score (nSPS) is 27.8. The van der Waals surface area contributed by atoms with Crippen molar-refractivity contribution in [2.75, 3.05) is 13.2 Å². The summed E-state index contributed by atoms with van der Waals surface area (Å²) in [4.78, 5) is 14.9. The Morgan fingerprint density at radius 1 is 1.14 bits per heavy atom. The molecule has 0 N–H and O–H groups in total. The molecule has 0 aliphatic carbocycles. The predicted octanol–water partition coefficient (Wildman–Crippen LogP) is 4.04. The lowest BCUT2D eigenvalue weighted by atomic mass is 9.73. The van der Waals surface area contributed by atoms with Crippen molar-refractivity contribution in [1.82, 2.24) is 4.90 Å². The molecule has 2 aromatic carbocycles. The van der Waals surface area contributed by atoms with E-state index in [9.17, 15) is 4.79 Å². The van der Waals surface area contributed by atoms with Crippen LogP contribution in [-0.4, -0.2) is 37.0 Å². The molecule has 2 heterocycles. The van der Waals surface area contributed by atoms with Gasteiger partial charge in [0.25, 0.3) is 0 Å². The summed E-state index contributed by atoms with van der Waals surface area (Å²) in [6, 6.07) is 18.4. The van der Waals surface area contributed by atoms with E-state index >= 15 is 0 Å². The number of hydrogen-bond acceptors (Lipinski definition) is 3. The lowest BCUT2D eigenvalue weighted by Gasteiger charge is -2.44. The SMILES string of the molecule is C[B]c1ccc([C@H](C)N2CC[C@](CC3(C)CO3)(c3ccccc3)OC2=O)cc1. The van der Waals surface area contributed by atoms with E-state index in [0.29, 0.717) is 13.0 Å². The lowest BCUT2D eigenvalue weighted by Crippen LogP contribution is -2.50.